The summed E-state index contributed by atoms with van der Waals surface area (Å²) in [6.07, 6.45) is 0. The standard InChI is InChI=1S/C12H18N6O2S/c1-9(2)13-7-10-3-5-11(6-4-10)21(19,20)14-8-12-15-17-18-16-12/h3-6,9,13-14H,7-8H2,1-2H3,(H,15,16,17,18). The predicted octanol–water partition coefficient (Wildman–Crippen LogP) is 0.176. The second-order valence-corrected chi connectivity index (χ2v) is 6.60. The molecule has 1 heterocycles. The Hall–Kier alpha value is -1.84. The van der Waals surface area contributed by atoms with Gasteiger partial charge in [-0.05, 0) is 17.7 Å². The number of H-pyrrole nitrogens is 1. The average molecular weight is 310 g/mol. The third kappa shape index (κ3) is 4.59. The first-order valence-electron chi connectivity index (χ1n) is 6.51. The summed E-state index contributed by atoms with van der Waals surface area (Å²) >= 11 is 0. The van der Waals surface area contributed by atoms with Gasteiger partial charge >= 0.3 is 0 Å². The Morgan fingerprint density at radius 1 is 1.19 bits per heavy atom. The molecule has 0 bridgehead atoms. The van der Waals surface area contributed by atoms with E-state index in [1.165, 1.54) is 0 Å². The minimum atomic E-state index is -3.58. The summed E-state index contributed by atoms with van der Waals surface area (Å²) in [6, 6.07) is 7.12. The van der Waals surface area contributed by atoms with Crippen molar-refractivity contribution in [3.63, 3.8) is 0 Å². The number of nitrogens with zero attached hydrogens (tertiary/aromatic N) is 3. The summed E-state index contributed by atoms with van der Waals surface area (Å²) in [7, 11) is -3.58. The van der Waals surface area contributed by atoms with Gasteiger partial charge in [0.1, 0.15) is 0 Å². The summed E-state index contributed by atoms with van der Waals surface area (Å²) in [5.74, 6) is 0.288. The number of benzene rings is 1. The van der Waals surface area contributed by atoms with Gasteiger partial charge in [-0.2, -0.15) is 5.21 Å². The van der Waals surface area contributed by atoms with E-state index in [9.17, 15) is 8.42 Å². The van der Waals surface area contributed by atoms with Gasteiger partial charge in [0.25, 0.3) is 0 Å². The molecule has 0 fully saturated rings. The zero-order valence-corrected chi connectivity index (χ0v) is 12.7. The van der Waals surface area contributed by atoms with Gasteiger partial charge in [0.05, 0.1) is 11.4 Å². The molecule has 1 aromatic carbocycles. The van der Waals surface area contributed by atoms with E-state index in [1.54, 1.807) is 24.3 Å². The van der Waals surface area contributed by atoms with Crippen LogP contribution in [0.1, 0.15) is 25.2 Å². The highest BCUT2D eigenvalue weighted by Crippen LogP contribution is 2.11. The van der Waals surface area contributed by atoms with Gasteiger partial charge in [0.15, 0.2) is 5.82 Å². The lowest BCUT2D eigenvalue weighted by Crippen LogP contribution is -2.24. The van der Waals surface area contributed by atoms with Crippen molar-refractivity contribution in [2.45, 2.75) is 37.9 Å². The van der Waals surface area contributed by atoms with Crippen LogP contribution >= 0.6 is 0 Å². The highest BCUT2D eigenvalue weighted by molar-refractivity contribution is 7.89. The predicted molar refractivity (Wildman–Crippen MR) is 76.6 cm³/mol. The monoisotopic (exact) mass is 310 g/mol. The zero-order chi connectivity index (χ0) is 15.3. The molecule has 21 heavy (non-hydrogen) atoms. The van der Waals surface area contributed by atoms with E-state index in [0.717, 1.165) is 5.56 Å². The summed E-state index contributed by atoms with van der Waals surface area (Å²) < 4.78 is 26.6. The Morgan fingerprint density at radius 2 is 1.90 bits per heavy atom. The molecule has 1 aromatic heterocycles. The zero-order valence-electron chi connectivity index (χ0n) is 11.9. The van der Waals surface area contributed by atoms with Crippen LogP contribution in [0.25, 0.3) is 0 Å². The molecule has 2 aromatic rings. The van der Waals surface area contributed by atoms with Crippen LogP contribution < -0.4 is 10.0 Å². The number of hydrogen-bond donors (Lipinski definition) is 3. The molecule has 0 aliphatic heterocycles. The van der Waals surface area contributed by atoms with Gasteiger partial charge in [-0.25, -0.2) is 13.1 Å². The maximum absolute atomic E-state index is 12.1. The minimum Gasteiger partial charge on any atom is -0.310 e. The van der Waals surface area contributed by atoms with Crippen LogP contribution in [0.15, 0.2) is 29.2 Å². The third-order valence-corrected chi connectivity index (χ3v) is 4.17. The molecule has 0 saturated carbocycles. The fraction of sp³-hybridized carbons (Fsp3) is 0.417. The number of aromatic amines is 1. The lowest BCUT2D eigenvalue weighted by atomic mass is 10.2. The lowest BCUT2D eigenvalue weighted by molar-refractivity contribution is 0.578. The first kappa shape index (κ1) is 15.5. The highest BCUT2D eigenvalue weighted by atomic mass is 32.2. The van der Waals surface area contributed by atoms with Gasteiger partial charge in [-0.15, -0.1) is 10.2 Å². The molecule has 8 nitrogen and oxygen atoms in total. The minimum absolute atomic E-state index is 0.00447. The molecule has 0 spiro atoms. The summed E-state index contributed by atoms with van der Waals surface area (Å²) in [4.78, 5) is 0.208. The van der Waals surface area contributed by atoms with E-state index in [2.05, 4.69) is 44.5 Å². The van der Waals surface area contributed by atoms with Crippen molar-refractivity contribution in [3.8, 4) is 0 Å². The van der Waals surface area contributed by atoms with Crippen molar-refractivity contribution in [1.82, 2.24) is 30.7 Å². The highest BCUT2D eigenvalue weighted by Gasteiger charge is 2.14. The van der Waals surface area contributed by atoms with E-state index in [-0.39, 0.29) is 17.3 Å². The van der Waals surface area contributed by atoms with Gasteiger partial charge in [0.2, 0.25) is 10.0 Å². The molecule has 114 valence electrons. The van der Waals surface area contributed by atoms with Crippen molar-refractivity contribution in [2.24, 2.45) is 0 Å². The summed E-state index contributed by atoms with van der Waals surface area (Å²) in [5.41, 5.74) is 1.03. The first-order chi connectivity index (χ1) is 9.97. The van der Waals surface area contributed by atoms with Crippen LogP contribution in [0.5, 0.6) is 0 Å². The second kappa shape index (κ2) is 6.74. The molecular weight excluding hydrogens is 292 g/mol. The number of hydrogen-bond acceptors (Lipinski definition) is 6. The van der Waals surface area contributed by atoms with Gasteiger partial charge < -0.3 is 5.32 Å². The van der Waals surface area contributed by atoms with E-state index >= 15 is 0 Å². The van der Waals surface area contributed by atoms with Crippen LogP contribution in [0.3, 0.4) is 0 Å². The maximum Gasteiger partial charge on any atom is 0.240 e. The summed E-state index contributed by atoms with van der Waals surface area (Å²) in [5, 5.41) is 16.3. The normalized spacial score (nSPS) is 12.0. The molecule has 3 N–H and O–H groups in total. The second-order valence-electron chi connectivity index (χ2n) is 4.83. The third-order valence-electron chi connectivity index (χ3n) is 2.76. The Morgan fingerprint density at radius 3 is 2.48 bits per heavy atom. The van der Waals surface area contributed by atoms with Gasteiger partial charge in [0, 0.05) is 12.6 Å². The number of rotatable bonds is 7. The molecule has 2 rings (SSSR count). The molecule has 0 unspecified atom stereocenters. The SMILES string of the molecule is CC(C)NCc1ccc(S(=O)(=O)NCc2nn[nH]n2)cc1. The molecule has 0 radical (unpaired) electrons. The Bertz CT molecular complexity index is 652. The van der Waals surface area contributed by atoms with E-state index in [4.69, 9.17) is 0 Å². The van der Waals surface area contributed by atoms with Crippen molar-refractivity contribution >= 4 is 10.0 Å². The topological polar surface area (TPSA) is 113 Å². The number of nitrogens with one attached hydrogen (secondary N) is 3. The fourth-order valence-electron chi connectivity index (χ4n) is 1.61. The lowest BCUT2D eigenvalue weighted by Gasteiger charge is -2.09. The maximum atomic E-state index is 12.1. The molecule has 0 aliphatic rings. The smallest absolute Gasteiger partial charge is 0.240 e. The molecule has 9 heteroatoms. The Balaban J connectivity index is 1.99. The van der Waals surface area contributed by atoms with Gasteiger partial charge in [-0.1, -0.05) is 31.2 Å². The van der Waals surface area contributed by atoms with Crippen LogP contribution in [0.2, 0.25) is 0 Å². The van der Waals surface area contributed by atoms with Crippen molar-refractivity contribution in [2.75, 3.05) is 0 Å². The number of sulfonamides is 1. The average Bonchev–Trinajstić information content (AvgIpc) is 2.97. The first-order valence-corrected chi connectivity index (χ1v) is 8.00. The van der Waals surface area contributed by atoms with E-state index < -0.39 is 10.0 Å². The van der Waals surface area contributed by atoms with Crippen LogP contribution in [0, 0.1) is 0 Å². The molecular formula is C12H18N6O2S. The molecule has 0 amide bonds. The van der Waals surface area contributed by atoms with Crippen molar-refractivity contribution in [3.05, 3.63) is 35.7 Å². The van der Waals surface area contributed by atoms with E-state index in [1.807, 2.05) is 0 Å². The van der Waals surface area contributed by atoms with Crippen LogP contribution in [0.4, 0.5) is 0 Å². The van der Waals surface area contributed by atoms with E-state index in [0.29, 0.717) is 12.6 Å². The van der Waals surface area contributed by atoms with Gasteiger partial charge in [-0.3, -0.25) is 0 Å². The van der Waals surface area contributed by atoms with Crippen LogP contribution in [-0.4, -0.2) is 35.1 Å². The molecule has 0 saturated heterocycles. The van der Waals surface area contributed by atoms with Crippen LogP contribution in [-0.2, 0) is 23.1 Å². The largest absolute Gasteiger partial charge is 0.310 e. The Kier molecular flexibility index (Phi) is 4.99. The summed E-state index contributed by atoms with van der Waals surface area (Å²) in [6.45, 7) is 4.81. The molecule has 0 atom stereocenters. The molecule has 0 aliphatic carbocycles. The van der Waals surface area contributed by atoms with Crippen molar-refractivity contribution in [1.29, 1.82) is 0 Å². The quantitative estimate of drug-likeness (QED) is 0.672. The number of tetrazole rings is 1. The Labute approximate surface area is 123 Å². The van der Waals surface area contributed by atoms with Crippen molar-refractivity contribution < 1.29 is 8.42 Å². The number of aromatic nitrogens is 4. The fourth-order valence-corrected chi connectivity index (χ4v) is 2.59.